The van der Waals surface area contributed by atoms with E-state index in [0.29, 0.717) is 0 Å². The van der Waals surface area contributed by atoms with Crippen LogP contribution in [0.3, 0.4) is 0 Å². The first-order chi connectivity index (χ1) is 7.44. The average molecular weight is 815 g/mol. The van der Waals surface area contributed by atoms with Crippen molar-refractivity contribution in [2.75, 3.05) is 0 Å². The minimum atomic E-state index is 0. The number of allylic oxidation sites excluding steroid dienone is 4. The quantitative estimate of drug-likeness (QED) is 0.302. The summed E-state index contributed by atoms with van der Waals surface area (Å²) in [5.41, 5.74) is 3.01. The van der Waals surface area contributed by atoms with Gasteiger partial charge in [-0.3, -0.25) is 0 Å². The first-order valence-corrected chi connectivity index (χ1v) is 25.2. The van der Waals surface area contributed by atoms with Gasteiger partial charge in [-0.1, -0.05) is 0 Å². The zero-order valence-electron chi connectivity index (χ0n) is 12.3. The van der Waals surface area contributed by atoms with Crippen molar-refractivity contribution in [3.05, 3.63) is 31.0 Å². The summed E-state index contributed by atoms with van der Waals surface area (Å²) in [6.45, 7) is 13.1. The molecule has 108 valence electrons. The molecule has 0 saturated carbocycles. The topological polar surface area (TPSA) is 0 Å². The van der Waals surface area contributed by atoms with Crippen LogP contribution in [0.2, 0.25) is 0 Å². The molecular formula is C12H22Cl2Sb4Zr. The molecule has 0 N–H and O–H groups in total. The largest absolute Gasteiger partial charge is 2.00 e. The van der Waals surface area contributed by atoms with E-state index in [1.807, 2.05) is 36.5 Å². The predicted molar refractivity (Wildman–Crippen MR) is 94.2 cm³/mol. The van der Waals surface area contributed by atoms with Crippen LogP contribution in [0.15, 0.2) is 18.2 Å². The SMILES string of the molecule is C[CH-]C(C)=[C](C)[Sb]=[Sb].C[CH-]C(C)=[C](C)[Sb]=[Sb].Cl.Cl.[Zr+2]. The third-order valence-corrected chi connectivity index (χ3v) is 17.5. The molecule has 0 aromatic heterocycles. The van der Waals surface area contributed by atoms with Gasteiger partial charge in [0.2, 0.25) is 0 Å². The normalized spacial score (nSPS) is 10.4. The molecular weight excluding hydrogens is 793 g/mol. The number of hydrogen-bond acceptors (Lipinski definition) is 0. The van der Waals surface area contributed by atoms with Gasteiger partial charge in [0, 0.05) is 0 Å². The molecule has 19 heavy (non-hydrogen) atoms. The van der Waals surface area contributed by atoms with Crippen molar-refractivity contribution in [2.24, 2.45) is 0 Å². The Kier molecular flexibility index (Phi) is 43.7. The molecule has 0 rings (SSSR count). The fourth-order valence-corrected chi connectivity index (χ4v) is 8.25. The van der Waals surface area contributed by atoms with E-state index in [1.165, 1.54) is 11.1 Å². The smallest absolute Gasteiger partial charge is 0.147 e. The van der Waals surface area contributed by atoms with Gasteiger partial charge in [0.1, 0.15) is 0 Å². The zero-order chi connectivity index (χ0) is 13.1. The van der Waals surface area contributed by atoms with Crippen LogP contribution in [0.4, 0.5) is 0 Å². The summed E-state index contributed by atoms with van der Waals surface area (Å²) < 4.78 is 3.33. The van der Waals surface area contributed by atoms with E-state index in [4.69, 9.17) is 0 Å². The van der Waals surface area contributed by atoms with Gasteiger partial charge in [-0.25, -0.2) is 0 Å². The molecule has 0 atom stereocenters. The number of hydrogen-bond donors (Lipinski definition) is 0. The van der Waals surface area contributed by atoms with Crippen molar-refractivity contribution in [3.8, 4) is 0 Å². The Morgan fingerprint density at radius 3 is 1.00 bits per heavy atom. The van der Waals surface area contributed by atoms with Crippen LogP contribution in [-0.4, -0.2) is 70.2 Å². The second kappa shape index (κ2) is 24.2. The first kappa shape index (κ1) is 34.3. The molecule has 0 aromatic rings. The van der Waals surface area contributed by atoms with Crippen molar-refractivity contribution in [1.29, 1.82) is 0 Å². The van der Waals surface area contributed by atoms with Gasteiger partial charge < -0.3 is 0 Å². The minimum absolute atomic E-state index is 0. The van der Waals surface area contributed by atoms with Gasteiger partial charge in [0.25, 0.3) is 0 Å². The van der Waals surface area contributed by atoms with Crippen molar-refractivity contribution >= 4 is 95.0 Å². The summed E-state index contributed by atoms with van der Waals surface area (Å²) in [6, 6.07) is 0. The van der Waals surface area contributed by atoms with E-state index < -0.39 is 0 Å². The predicted octanol–water partition coefficient (Wildman–Crippen LogP) is 3.43. The molecule has 0 bridgehead atoms. The van der Waals surface area contributed by atoms with Crippen LogP contribution in [0.1, 0.15) is 41.5 Å². The molecule has 0 saturated heterocycles. The third kappa shape index (κ3) is 22.0. The molecule has 0 aliphatic heterocycles. The van der Waals surface area contributed by atoms with Gasteiger partial charge in [-0.2, -0.15) is 0 Å². The van der Waals surface area contributed by atoms with Crippen LogP contribution < -0.4 is 0 Å². The van der Waals surface area contributed by atoms with Crippen molar-refractivity contribution < 1.29 is 26.2 Å². The van der Waals surface area contributed by atoms with Crippen LogP contribution in [-0.2, 0) is 26.2 Å². The van der Waals surface area contributed by atoms with E-state index >= 15 is 0 Å². The van der Waals surface area contributed by atoms with Crippen molar-refractivity contribution in [3.63, 3.8) is 0 Å². The summed E-state index contributed by atoms with van der Waals surface area (Å²) >= 11 is 4.22. The van der Waals surface area contributed by atoms with E-state index in [2.05, 4.69) is 54.4 Å². The maximum Gasteiger partial charge on any atom is 2.00 e. The second-order valence-corrected chi connectivity index (χ2v) is 15.9. The summed E-state index contributed by atoms with van der Waals surface area (Å²) in [7, 11) is 0. The maximum atomic E-state index is 2.26. The summed E-state index contributed by atoms with van der Waals surface area (Å²) in [5, 5.41) is 0. The standard InChI is InChI=1S/2C6H10.2ClH.4Sb.Zr/c2*1-4-6(3)5-2;;;;;;;/h2*4H,1-3H3;2*1H;;;;;/q2*-1;;;;;;;+2. The van der Waals surface area contributed by atoms with Gasteiger partial charge >= 0.3 is 169 Å². The minimum Gasteiger partial charge on any atom is -0.147 e. The Labute approximate surface area is 190 Å². The van der Waals surface area contributed by atoms with Crippen LogP contribution in [0.25, 0.3) is 0 Å². The summed E-state index contributed by atoms with van der Waals surface area (Å²) in [4.78, 5) is 0. The molecule has 7 heteroatoms. The molecule has 0 aliphatic rings. The van der Waals surface area contributed by atoms with Crippen molar-refractivity contribution in [1.82, 2.24) is 0 Å². The Hall–Kier alpha value is 3.96. The summed E-state index contributed by atoms with van der Waals surface area (Å²) in [5.74, 6) is 0. The molecule has 2 radical (unpaired) electrons. The van der Waals surface area contributed by atoms with Gasteiger partial charge in [0.15, 0.2) is 0 Å². The monoisotopic (exact) mass is 810 g/mol. The maximum absolute atomic E-state index is 2.26. The molecule has 0 aromatic carbocycles. The Balaban J connectivity index is -0.0000000594. The van der Waals surface area contributed by atoms with E-state index in [1.54, 1.807) is 7.04 Å². The van der Waals surface area contributed by atoms with E-state index in [9.17, 15) is 0 Å². The van der Waals surface area contributed by atoms with Gasteiger partial charge in [0.05, 0.1) is 0 Å². The fraction of sp³-hybridized carbons (Fsp3) is 0.500. The molecule has 0 fully saturated rings. The zero-order valence-corrected chi connectivity index (χ0v) is 26.6. The molecule has 0 spiro atoms. The number of halogens is 2. The fourth-order valence-electron chi connectivity index (χ4n) is 0.576. The van der Waals surface area contributed by atoms with Crippen molar-refractivity contribution in [2.45, 2.75) is 41.5 Å². The van der Waals surface area contributed by atoms with Gasteiger partial charge in [-0.05, 0) is 0 Å². The van der Waals surface area contributed by atoms with Crippen LogP contribution >= 0.6 is 24.8 Å². The molecule has 0 nitrogen and oxygen atoms in total. The van der Waals surface area contributed by atoms with Gasteiger partial charge in [-0.15, -0.1) is 24.8 Å². The molecule has 0 unspecified atom stereocenters. The Morgan fingerprint density at radius 1 is 0.737 bits per heavy atom. The number of rotatable bonds is 4. The molecule has 0 amide bonds. The average Bonchev–Trinajstić information content (AvgIpc) is 2.35. The Bertz CT molecular complexity index is 272. The van der Waals surface area contributed by atoms with Crippen LogP contribution in [0.5, 0.6) is 0 Å². The molecule has 0 heterocycles. The molecule has 0 aliphatic carbocycles. The third-order valence-electron chi connectivity index (χ3n) is 2.31. The Morgan fingerprint density at radius 2 is 0.947 bits per heavy atom. The first-order valence-electron chi connectivity index (χ1n) is 5.08. The van der Waals surface area contributed by atoms with E-state index in [-0.39, 0.29) is 84.7 Å². The van der Waals surface area contributed by atoms with Crippen LogP contribution in [0, 0.1) is 12.8 Å². The van der Waals surface area contributed by atoms with E-state index in [0.717, 1.165) is 0 Å². The second-order valence-electron chi connectivity index (χ2n) is 3.31. The summed E-state index contributed by atoms with van der Waals surface area (Å²) in [6.07, 6.45) is 4.39.